The molecule has 3 unspecified atom stereocenters. The molecule has 24 heavy (non-hydrogen) atoms. The van der Waals surface area contributed by atoms with Crippen LogP contribution in [0.1, 0.15) is 18.2 Å². The van der Waals surface area contributed by atoms with Gasteiger partial charge in [-0.05, 0) is 36.0 Å². The number of para-hydroxylation sites is 1. The quantitative estimate of drug-likeness (QED) is 0.918. The molecule has 1 N–H and O–H groups in total. The summed E-state index contributed by atoms with van der Waals surface area (Å²) in [6.45, 7) is 0. The normalized spacial score (nSPS) is 27.2. The van der Waals surface area contributed by atoms with Crippen molar-refractivity contribution in [3.05, 3.63) is 90.0 Å². The molecular formula is C21H19N3. The Balaban J connectivity index is 1.56. The van der Waals surface area contributed by atoms with E-state index in [2.05, 4.69) is 83.2 Å². The lowest BCUT2D eigenvalue weighted by Gasteiger charge is -2.28. The fourth-order valence-corrected chi connectivity index (χ4v) is 3.59. The summed E-state index contributed by atoms with van der Waals surface area (Å²) in [5.74, 6) is 2.48. The Bertz CT molecular complexity index is 836. The summed E-state index contributed by atoms with van der Waals surface area (Å²) in [5, 5.41) is 4.70. The summed E-state index contributed by atoms with van der Waals surface area (Å²) in [4.78, 5) is 2.30. The monoisotopic (exact) mass is 313 g/mol. The minimum atomic E-state index is 0.0230. The number of fused-ring (bicyclic) bond motifs is 1. The van der Waals surface area contributed by atoms with E-state index in [1.54, 1.807) is 0 Å². The van der Waals surface area contributed by atoms with E-state index in [0.29, 0.717) is 5.92 Å². The Morgan fingerprint density at radius 3 is 2.42 bits per heavy atom. The standard InChI is InChI=1S/C21H19N3/c1-3-7-15(8-4-1)20-22-23-21(17-12-11-16-13-18(16)14-17)24(20)19-9-5-2-6-10-19/h1-12,14,16,18,20,22H,13H2. The third kappa shape index (κ3) is 2.24. The molecule has 1 aliphatic heterocycles. The first-order chi connectivity index (χ1) is 11.9. The highest BCUT2D eigenvalue weighted by Gasteiger charge is 2.38. The molecule has 3 aliphatic rings. The van der Waals surface area contributed by atoms with Crippen molar-refractivity contribution in [2.75, 3.05) is 4.90 Å². The Morgan fingerprint density at radius 1 is 0.917 bits per heavy atom. The first-order valence-electron chi connectivity index (χ1n) is 8.53. The second kappa shape index (κ2) is 5.38. The van der Waals surface area contributed by atoms with Crippen LogP contribution in [0, 0.1) is 11.8 Å². The molecule has 0 amide bonds. The number of hydrogen-bond acceptors (Lipinski definition) is 3. The second-order valence-electron chi connectivity index (χ2n) is 6.63. The lowest BCUT2D eigenvalue weighted by atomic mass is 10.0. The van der Waals surface area contributed by atoms with Crippen LogP contribution in [-0.4, -0.2) is 5.84 Å². The van der Waals surface area contributed by atoms with Crippen molar-refractivity contribution in [3.63, 3.8) is 0 Å². The van der Waals surface area contributed by atoms with Gasteiger partial charge in [-0.15, -0.1) is 0 Å². The van der Waals surface area contributed by atoms with Gasteiger partial charge in [0.15, 0.2) is 5.84 Å². The summed E-state index contributed by atoms with van der Waals surface area (Å²) in [7, 11) is 0. The topological polar surface area (TPSA) is 27.6 Å². The zero-order chi connectivity index (χ0) is 15.9. The van der Waals surface area contributed by atoms with Crippen LogP contribution in [0.3, 0.4) is 0 Å². The van der Waals surface area contributed by atoms with Crippen LogP contribution in [0.15, 0.2) is 89.6 Å². The highest BCUT2D eigenvalue weighted by atomic mass is 15.5. The fourth-order valence-electron chi connectivity index (χ4n) is 3.59. The molecule has 118 valence electrons. The molecule has 3 heteroatoms. The predicted octanol–water partition coefficient (Wildman–Crippen LogP) is 4.24. The van der Waals surface area contributed by atoms with Crippen LogP contribution in [0.4, 0.5) is 5.69 Å². The van der Waals surface area contributed by atoms with Gasteiger partial charge in [0.25, 0.3) is 0 Å². The van der Waals surface area contributed by atoms with E-state index in [4.69, 9.17) is 5.10 Å². The number of allylic oxidation sites excluding steroid dienone is 2. The van der Waals surface area contributed by atoms with Crippen molar-refractivity contribution in [1.29, 1.82) is 0 Å². The van der Waals surface area contributed by atoms with Gasteiger partial charge in [-0.3, -0.25) is 10.3 Å². The largest absolute Gasteiger partial charge is 0.298 e. The van der Waals surface area contributed by atoms with Gasteiger partial charge >= 0.3 is 0 Å². The Hall–Kier alpha value is -2.81. The average molecular weight is 313 g/mol. The van der Waals surface area contributed by atoms with E-state index < -0.39 is 0 Å². The molecule has 5 rings (SSSR count). The Labute approximate surface area is 142 Å². The predicted molar refractivity (Wildman–Crippen MR) is 97.5 cm³/mol. The molecule has 1 saturated carbocycles. The lowest BCUT2D eigenvalue weighted by molar-refractivity contribution is 0.617. The third-order valence-corrected chi connectivity index (χ3v) is 4.99. The van der Waals surface area contributed by atoms with Gasteiger partial charge in [0, 0.05) is 11.3 Å². The SMILES string of the molecule is C1=CC2CC2C=C1C1=NNC(c2ccccc2)N1c1ccccc1. The summed E-state index contributed by atoms with van der Waals surface area (Å²) in [6, 6.07) is 21.0. The number of rotatable bonds is 3. The molecule has 1 heterocycles. The van der Waals surface area contributed by atoms with Crippen LogP contribution >= 0.6 is 0 Å². The van der Waals surface area contributed by atoms with Gasteiger partial charge in [-0.2, -0.15) is 5.10 Å². The molecule has 3 nitrogen and oxygen atoms in total. The van der Waals surface area contributed by atoms with E-state index in [0.717, 1.165) is 17.4 Å². The van der Waals surface area contributed by atoms with Gasteiger partial charge < -0.3 is 0 Å². The maximum absolute atomic E-state index is 4.70. The van der Waals surface area contributed by atoms with Gasteiger partial charge in [0.2, 0.25) is 0 Å². The maximum atomic E-state index is 4.70. The van der Waals surface area contributed by atoms with E-state index >= 15 is 0 Å². The van der Waals surface area contributed by atoms with Crippen LogP contribution in [0.25, 0.3) is 0 Å². The van der Waals surface area contributed by atoms with Crippen LogP contribution in [0.5, 0.6) is 0 Å². The summed E-state index contributed by atoms with van der Waals surface area (Å²) >= 11 is 0. The molecule has 2 aromatic rings. The van der Waals surface area contributed by atoms with E-state index in [1.165, 1.54) is 17.6 Å². The van der Waals surface area contributed by atoms with Crippen LogP contribution in [0.2, 0.25) is 0 Å². The number of nitrogens with one attached hydrogen (secondary N) is 1. The highest BCUT2D eigenvalue weighted by molar-refractivity contribution is 6.13. The maximum Gasteiger partial charge on any atom is 0.161 e. The number of benzene rings is 2. The van der Waals surface area contributed by atoms with Crippen LogP contribution < -0.4 is 10.3 Å². The highest BCUT2D eigenvalue weighted by Crippen LogP contribution is 2.45. The molecule has 0 aromatic heterocycles. The molecule has 3 atom stereocenters. The van der Waals surface area contributed by atoms with Gasteiger partial charge in [0.1, 0.15) is 6.17 Å². The molecule has 0 saturated heterocycles. The fraction of sp³-hybridized carbons (Fsp3) is 0.190. The van der Waals surface area contributed by atoms with Crippen molar-refractivity contribution in [2.45, 2.75) is 12.6 Å². The van der Waals surface area contributed by atoms with Crippen molar-refractivity contribution in [2.24, 2.45) is 16.9 Å². The van der Waals surface area contributed by atoms with Crippen molar-refractivity contribution >= 4 is 11.5 Å². The zero-order valence-electron chi connectivity index (χ0n) is 13.3. The molecule has 2 aromatic carbocycles. The number of nitrogens with zero attached hydrogens (tertiary/aromatic N) is 2. The smallest absolute Gasteiger partial charge is 0.161 e. The van der Waals surface area contributed by atoms with E-state index in [1.807, 2.05) is 6.07 Å². The van der Waals surface area contributed by atoms with Crippen molar-refractivity contribution < 1.29 is 0 Å². The molecular weight excluding hydrogens is 294 g/mol. The minimum Gasteiger partial charge on any atom is -0.298 e. The molecule has 0 radical (unpaired) electrons. The van der Waals surface area contributed by atoms with Crippen LogP contribution in [-0.2, 0) is 0 Å². The number of amidine groups is 1. The zero-order valence-corrected chi connectivity index (χ0v) is 13.3. The van der Waals surface area contributed by atoms with E-state index in [-0.39, 0.29) is 6.17 Å². The van der Waals surface area contributed by atoms with Crippen molar-refractivity contribution in [3.8, 4) is 0 Å². The number of anilines is 1. The second-order valence-corrected chi connectivity index (χ2v) is 6.63. The number of hydrazone groups is 1. The first-order valence-corrected chi connectivity index (χ1v) is 8.53. The summed E-state index contributed by atoms with van der Waals surface area (Å²) in [5.41, 5.74) is 6.93. The summed E-state index contributed by atoms with van der Waals surface area (Å²) < 4.78 is 0. The average Bonchev–Trinajstić information content (AvgIpc) is 3.30. The van der Waals surface area contributed by atoms with Gasteiger partial charge in [0.05, 0.1) is 0 Å². The van der Waals surface area contributed by atoms with Gasteiger partial charge in [-0.1, -0.05) is 66.8 Å². The molecule has 0 bridgehead atoms. The summed E-state index contributed by atoms with van der Waals surface area (Å²) in [6.07, 6.45) is 8.26. The van der Waals surface area contributed by atoms with Crippen molar-refractivity contribution in [1.82, 2.24) is 5.43 Å². The third-order valence-electron chi connectivity index (χ3n) is 4.99. The van der Waals surface area contributed by atoms with E-state index in [9.17, 15) is 0 Å². The molecule has 2 aliphatic carbocycles. The Morgan fingerprint density at radius 2 is 1.67 bits per heavy atom. The van der Waals surface area contributed by atoms with Gasteiger partial charge in [-0.25, -0.2) is 0 Å². The molecule has 1 fully saturated rings. The first kappa shape index (κ1) is 13.6. The lowest BCUT2D eigenvalue weighted by Crippen LogP contribution is -2.34. The number of hydrogen-bond donors (Lipinski definition) is 1. The Kier molecular flexibility index (Phi) is 3.05. The minimum absolute atomic E-state index is 0.0230. The molecule has 0 spiro atoms.